The molecule has 1 fully saturated rings. The molecule has 1 aliphatic heterocycles. The molecule has 8 heteroatoms. The van der Waals surface area contributed by atoms with Crippen LogP contribution in [-0.2, 0) is 21.2 Å². The van der Waals surface area contributed by atoms with E-state index in [1.807, 2.05) is 30.3 Å². The highest BCUT2D eigenvalue weighted by molar-refractivity contribution is 7.91. The number of nitrogens with one attached hydrogen (secondary N) is 1. The lowest BCUT2D eigenvalue weighted by Crippen LogP contribution is -2.27. The van der Waals surface area contributed by atoms with E-state index in [1.54, 1.807) is 36.4 Å². The van der Waals surface area contributed by atoms with E-state index in [1.165, 1.54) is 4.31 Å². The second-order valence-corrected chi connectivity index (χ2v) is 10.3. The first kappa shape index (κ1) is 20.6. The summed E-state index contributed by atoms with van der Waals surface area (Å²) < 4.78 is 32.8. The predicted molar refractivity (Wildman–Crippen MR) is 118 cm³/mol. The molecule has 30 heavy (non-hydrogen) atoms. The lowest BCUT2D eigenvalue weighted by molar-refractivity contribution is -0.115. The second kappa shape index (κ2) is 8.99. The van der Waals surface area contributed by atoms with Crippen molar-refractivity contribution in [1.29, 1.82) is 0 Å². The van der Waals surface area contributed by atoms with Gasteiger partial charge in [-0.15, -0.1) is 11.3 Å². The van der Waals surface area contributed by atoms with Crippen LogP contribution in [0.3, 0.4) is 0 Å². The highest BCUT2D eigenvalue weighted by atomic mass is 32.2. The Bertz CT molecular complexity index is 1100. The first-order chi connectivity index (χ1) is 14.5. The zero-order valence-corrected chi connectivity index (χ0v) is 17.9. The van der Waals surface area contributed by atoms with E-state index in [9.17, 15) is 13.2 Å². The van der Waals surface area contributed by atoms with Crippen LogP contribution in [0.4, 0.5) is 5.69 Å². The van der Waals surface area contributed by atoms with Gasteiger partial charge >= 0.3 is 0 Å². The van der Waals surface area contributed by atoms with E-state index in [0.717, 1.165) is 29.9 Å². The van der Waals surface area contributed by atoms with Crippen molar-refractivity contribution in [2.75, 3.05) is 18.4 Å². The molecule has 0 aliphatic carbocycles. The van der Waals surface area contributed by atoms with E-state index in [-0.39, 0.29) is 12.3 Å². The predicted octanol–water partition coefficient (Wildman–Crippen LogP) is 4.51. The van der Waals surface area contributed by atoms with E-state index in [4.69, 9.17) is 4.74 Å². The summed E-state index contributed by atoms with van der Waals surface area (Å²) in [6.07, 6.45) is 1.92. The largest absolute Gasteiger partial charge is 0.457 e. The molecule has 3 aromatic rings. The SMILES string of the molecule is O=C(Cc1ccc(S(=O)(=O)N2CCCC2)s1)Nc1ccc(Oc2ccccc2)cc1. The summed E-state index contributed by atoms with van der Waals surface area (Å²) >= 11 is 1.16. The van der Waals surface area contributed by atoms with Crippen molar-refractivity contribution >= 4 is 33.0 Å². The van der Waals surface area contributed by atoms with Crippen molar-refractivity contribution in [2.24, 2.45) is 0 Å². The highest BCUT2D eigenvalue weighted by Crippen LogP contribution is 2.28. The molecular weight excluding hydrogens is 420 g/mol. The fourth-order valence-corrected chi connectivity index (χ4v) is 6.27. The lowest BCUT2D eigenvalue weighted by Gasteiger charge is -2.13. The van der Waals surface area contributed by atoms with Crippen LogP contribution in [-0.4, -0.2) is 31.7 Å². The first-order valence-electron chi connectivity index (χ1n) is 9.72. The van der Waals surface area contributed by atoms with Crippen LogP contribution in [0, 0.1) is 0 Å². The van der Waals surface area contributed by atoms with Gasteiger partial charge in [-0.3, -0.25) is 4.79 Å². The Labute approximate surface area is 180 Å². The zero-order chi connectivity index (χ0) is 21.0. The second-order valence-electron chi connectivity index (χ2n) is 7.00. The Morgan fingerprint density at radius 2 is 1.60 bits per heavy atom. The zero-order valence-electron chi connectivity index (χ0n) is 16.3. The Balaban J connectivity index is 1.34. The quantitative estimate of drug-likeness (QED) is 0.584. The van der Waals surface area contributed by atoms with Gasteiger partial charge in [-0.25, -0.2) is 8.42 Å². The molecule has 2 heterocycles. The van der Waals surface area contributed by atoms with Gasteiger partial charge in [0.1, 0.15) is 15.7 Å². The molecule has 0 spiro atoms. The van der Waals surface area contributed by atoms with Crippen molar-refractivity contribution < 1.29 is 17.9 Å². The average Bonchev–Trinajstić information content (AvgIpc) is 3.43. The molecule has 4 rings (SSSR count). The Hall–Kier alpha value is -2.68. The number of rotatable bonds is 7. The van der Waals surface area contributed by atoms with Gasteiger partial charge in [0, 0.05) is 23.7 Å². The molecule has 1 aromatic heterocycles. The molecule has 1 saturated heterocycles. The molecule has 0 atom stereocenters. The van der Waals surface area contributed by atoms with Crippen molar-refractivity contribution in [2.45, 2.75) is 23.5 Å². The van der Waals surface area contributed by atoms with Gasteiger partial charge in [-0.1, -0.05) is 18.2 Å². The Kier molecular flexibility index (Phi) is 6.17. The average molecular weight is 443 g/mol. The summed E-state index contributed by atoms with van der Waals surface area (Å²) in [5.41, 5.74) is 0.655. The molecule has 0 saturated carbocycles. The summed E-state index contributed by atoms with van der Waals surface area (Å²) in [7, 11) is -3.44. The van der Waals surface area contributed by atoms with Gasteiger partial charge in [0.25, 0.3) is 10.0 Å². The number of para-hydroxylation sites is 1. The van der Waals surface area contributed by atoms with Gasteiger partial charge in [0.05, 0.1) is 6.42 Å². The maximum absolute atomic E-state index is 12.6. The number of sulfonamides is 1. The van der Waals surface area contributed by atoms with Crippen LogP contribution in [0.15, 0.2) is 70.9 Å². The minimum Gasteiger partial charge on any atom is -0.457 e. The van der Waals surface area contributed by atoms with Crippen molar-refractivity contribution in [3.8, 4) is 11.5 Å². The van der Waals surface area contributed by atoms with Crippen molar-refractivity contribution in [1.82, 2.24) is 4.31 Å². The number of carbonyl (C=O) groups is 1. The number of nitrogens with zero attached hydrogens (tertiary/aromatic N) is 1. The maximum Gasteiger partial charge on any atom is 0.252 e. The Morgan fingerprint density at radius 1 is 0.933 bits per heavy atom. The van der Waals surface area contributed by atoms with Crippen molar-refractivity contribution in [3.05, 3.63) is 71.6 Å². The van der Waals surface area contributed by atoms with Crippen LogP contribution in [0.2, 0.25) is 0 Å². The van der Waals surface area contributed by atoms with Crippen LogP contribution < -0.4 is 10.1 Å². The monoisotopic (exact) mass is 442 g/mol. The minimum absolute atomic E-state index is 0.127. The molecule has 2 aromatic carbocycles. The van der Waals surface area contributed by atoms with Crippen LogP contribution in [0.1, 0.15) is 17.7 Å². The third-order valence-corrected chi connectivity index (χ3v) is 8.20. The molecular formula is C22H22N2O4S2. The molecule has 0 radical (unpaired) electrons. The number of hydrogen-bond donors (Lipinski definition) is 1. The molecule has 1 N–H and O–H groups in total. The van der Waals surface area contributed by atoms with Gasteiger partial charge in [-0.05, 0) is 61.4 Å². The van der Waals surface area contributed by atoms with Crippen LogP contribution in [0.25, 0.3) is 0 Å². The summed E-state index contributed by atoms with van der Waals surface area (Å²) in [4.78, 5) is 13.1. The number of carbonyl (C=O) groups excluding carboxylic acids is 1. The topological polar surface area (TPSA) is 75.7 Å². The summed E-state index contributed by atoms with van der Waals surface area (Å²) in [6.45, 7) is 1.14. The smallest absolute Gasteiger partial charge is 0.252 e. The number of hydrogen-bond acceptors (Lipinski definition) is 5. The van der Waals surface area contributed by atoms with Gasteiger partial charge < -0.3 is 10.1 Å². The minimum atomic E-state index is -3.44. The molecule has 156 valence electrons. The first-order valence-corrected chi connectivity index (χ1v) is 12.0. The molecule has 1 aliphatic rings. The molecule has 0 unspecified atom stereocenters. The molecule has 0 bridgehead atoms. The van der Waals surface area contributed by atoms with Gasteiger partial charge in [0.15, 0.2) is 0 Å². The van der Waals surface area contributed by atoms with Crippen LogP contribution >= 0.6 is 11.3 Å². The number of amides is 1. The van der Waals surface area contributed by atoms with Gasteiger partial charge in [0.2, 0.25) is 5.91 Å². The standard InChI is InChI=1S/C22H22N2O4S2/c25-21(16-20-12-13-22(29-20)30(26,27)24-14-4-5-15-24)23-17-8-10-19(11-9-17)28-18-6-2-1-3-7-18/h1-3,6-13H,4-5,14-16H2,(H,23,25). The summed E-state index contributed by atoms with van der Waals surface area (Å²) in [6, 6.07) is 19.9. The fourth-order valence-electron chi connectivity index (χ4n) is 3.24. The van der Waals surface area contributed by atoms with E-state index < -0.39 is 10.0 Å². The number of ether oxygens (including phenoxy) is 1. The number of thiophene rings is 1. The maximum atomic E-state index is 12.6. The third kappa shape index (κ3) is 4.89. The normalized spacial score (nSPS) is 14.5. The van der Waals surface area contributed by atoms with Gasteiger partial charge in [-0.2, -0.15) is 4.31 Å². The summed E-state index contributed by atoms with van der Waals surface area (Å²) in [5, 5.41) is 2.84. The number of benzene rings is 2. The Morgan fingerprint density at radius 3 is 2.30 bits per heavy atom. The van der Waals surface area contributed by atoms with Crippen molar-refractivity contribution in [3.63, 3.8) is 0 Å². The molecule has 1 amide bonds. The van der Waals surface area contributed by atoms with Crippen LogP contribution in [0.5, 0.6) is 11.5 Å². The highest BCUT2D eigenvalue weighted by Gasteiger charge is 2.28. The fraction of sp³-hybridized carbons (Fsp3) is 0.227. The molecule has 6 nitrogen and oxygen atoms in total. The van der Waals surface area contributed by atoms with E-state index in [0.29, 0.717) is 33.6 Å². The number of anilines is 1. The third-order valence-electron chi connectivity index (χ3n) is 4.75. The lowest BCUT2D eigenvalue weighted by atomic mass is 10.2. The summed E-state index contributed by atoms with van der Waals surface area (Å²) in [5.74, 6) is 1.22. The van der Waals surface area contributed by atoms with E-state index in [2.05, 4.69) is 5.32 Å². The van der Waals surface area contributed by atoms with E-state index >= 15 is 0 Å².